The number of benzene rings is 2. The van der Waals surface area contributed by atoms with E-state index in [0.29, 0.717) is 5.75 Å². The zero-order chi connectivity index (χ0) is 18.8. The van der Waals surface area contributed by atoms with Crippen molar-refractivity contribution in [1.29, 1.82) is 0 Å². The van der Waals surface area contributed by atoms with Crippen LogP contribution in [-0.2, 0) is 9.59 Å². The third kappa shape index (κ3) is 6.52. The van der Waals surface area contributed by atoms with Crippen molar-refractivity contribution < 1.29 is 14.3 Å². The van der Waals surface area contributed by atoms with Gasteiger partial charge in [-0.1, -0.05) is 46.3 Å². The fraction of sp³-hybridized carbons (Fsp3) is 0.105. The van der Waals surface area contributed by atoms with Gasteiger partial charge in [-0.15, -0.1) is 0 Å². The molecule has 2 aromatic carbocycles. The molecule has 0 heterocycles. The largest absolute Gasteiger partial charge is 0.496 e. The van der Waals surface area contributed by atoms with Crippen molar-refractivity contribution in [3.8, 4) is 5.75 Å². The monoisotopic (exact) mass is 415 g/mol. The van der Waals surface area contributed by atoms with Crippen LogP contribution in [0.4, 0.5) is 0 Å². The van der Waals surface area contributed by atoms with Crippen molar-refractivity contribution in [1.82, 2.24) is 10.7 Å². The first kappa shape index (κ1) is 19.4. The maximum atomic E-state index is 11.8. The number of halogens is 1. The van der Waals surface area contributed by atoms with E-state index in [-0.39, 0.29) is 12.5 Å². The zero-order valence-corrected chi connectivity index (χ0v) is 15.7. The molecule has 0 atom stereocenters. The molecule has 0 aromatic heterocycles. The number of ether oxygens (including phenoxy) is 1. The molecule has 0 saturated heterocycles. The highest BCUT2D eigenvalue weighted by molar-refractivity contribution is 9.10. The van der Waals surface area contributed by atoms with E-state index in [0.717, 1.165) is 15.6 Å². The molecule has 2 N–H and O–H groups in total. The Morgan fingerprint density at radius 2 is 2.00 bits per heavy atom. The highest BCUT2D eigenvalue weighted by Crippen LogP contribution is 2.18. The highest BCUT2D eigenvalue weighted by atomic mass is 79.9. The molecule has 2 rings (SSSR count). The van der Waals surface area contributed by atoms with E-state index in [2.05, 4.69) is 31.8 Å². The molecular formula is C19H18BrN3O3. The molecule has 26 heavy (non-hydrogen) atoms. The number of hydrazone groups is 1. The van der Waals surface area contributed by atoms with Gasteiger partial charge in [0.2, 0.25) is 5.91 Å². The second-order valence-electron chi connectivity index (χ2n) is 5.14. The van der Waals surface area contributed by atoms with E-state index >= 15 is 0 Å². The summed E-state index contributed by atoms with van der Waals surface area (Å²) in [6.45, 7) is -0.176. The molecule has 2 aromatic rings. The lowest BCUT2D eigenvalue weighted by Gasteiger charge is -2.04. The molecule has 0 aliphatic rings. The maximum absolute atomic E-state index is 11.8. The Hall–Kier alpha value is -2.93. The van der Waals surface area contributed by atoms with E-state index in [1.165, 1.54) is 12.3 Å². The standard InChI is InChI=1S/C19H18BrN3O3/c1-26-17-8-3-2-6-15(17)9-10-18(24)21-13-19(25)23-22-12-14-5-4-7-16(20)11-14/h2-12H,13H2,1H3,(H,21,24)(H,23,25)/b10-9+,22-12-. The van der Waals surface area contributed by atoms with E-state index in [4.69, 9.17) is 4.74 Å². The Labute approximate surface area is 160 Å². The van der Waals surface area contributed by atoms with Crippen LogP contribution in [0, 0.1) is 0 Å². The lowest BCUT2D eigenvalue weighted by molar-refractivity contribution is -0.123. The summed E-state index contributed by atoms with van der Waals surface area (Å²) in [7, 11) is 1.56. The SMILES string of the molecule is COc1ccccc1/C=C/C(=O)NCC(=O)N/N=C\c1cccc(Br)c1. The summed E-state index contributed by atoms with van der Waals surface area (Å²) < 4.78 is 6.12. The van der Waals surface area contributed by atoms with Crippen LogP contribution < -0.4 is 15.5 Å². The van der Waals surface area contributed by atoms with Crippen molar-refractivity contribution in [3.05, 3.63) is 70.2 Å². The molecule has 0 saturated carbocycles. The molecule has 134 valence electrons. The molecule has 0 fully saturated rings. The number of para-hydroxylation sites is 1. The van der Waals surface area contributed by atoms with Crippen LogP contribution in [0.5, 0.6) is 5.75 Å². The van der Waals surface area contributed by atoms with Gasteiger partial charge in [-0.2, -0.15) is 5.10 Å². The van der Waals surface area contributed by atoms with Crippen LogP contribution in [0.2, 0.25) is 0 Å². The summed E-state index contributed by atoms with van der Waals surface area (Å²) in [6, 6.07) is 14.8. The third-order valence-corrected chi connectivity index (χ3v) is 3.72. The minimum absolute atomic E-state index is 0.176. The lowest BCUT2D eigenvalue weighted by atomic mass is 10.2. The number of hydrogen-bond donors (Lipinski definition) is 2. The van der Waals surface area contributed by atoms with Gasteiger partial charge >= 0.3 is 0 Å². The van der Waals surface area contributed by atoms with Gasteiger partial charge in [-0.05, 0) is 29.8 Å². The summed E-state index contributed by atoms with van der Waals surface area (Å²) in [4.78, 5) is 23.5. The van der Waals surface area contributed by atoms with E-state index in [1.807, 2.05) is 42.5 Å². The molecule has 0 spiro atoms. The smallest absolute Gasteiger partial charge is 0.259 e. The van der Waals surface area contributed by atoms with Crippen molar-refractivity contribution in [2.75, 3.05) is 13.7 Å². The normalized spacial score (nSPS) is 10.8. The average molecular weight is 416 g/mol. The Kier molecular flexibility index (Phi) is 7.57. The molecule has 0 bridgehead atoms. The summed E-state index contributed by atoms with van der Waals surface area (Å²) in [5.74, 6) is -0.145. The van der Waals surface area contributed by atoms with Gasteiger partial charge < -0.3 is 10.1 Å². The van der Waals surface area contributed by atoms with Gasteiger partial charge in [-0.25, -0.2) is 5.43 Å². The Morgan fingerprint density at radius 3 is 2.77 bits per heavy atom. The molecule has 0 unspecified atom stereocenters. The van der Waals surface area contributed by atoms with Crippen molar-refractivity contribution >= 4 is 40.0 Å². The molecule has 2 amide bonds. The van der Waals surface area contributed by atoms with Crippen LogP contribution in [0.1, 0.15) is 11.1 Å². The fourth-order valence-corrected chi connectivity index (χ4v) is 2.42. The van der Waals surface area contributed by atoms with Crippen LogP contribution in [0.25, 0.3) is 6.08 Å². The Morgan fingerprint density at radius 1 is 1.19 bits per heavy atom. The second kappa shape index (κ2) is 10.1. The van der Waals surface area contributed by atoms with Crippen LogP contribution >= 0.6 is 15.9 Å². The molecule has 7 heteroatoms. The third-order valence-electron chi connectivity index (χ3n) is 3.23. The number of carbonyl (C=O) groups is 2. The van der Waals surface area contributed by atoms with Crippen LogP contribution in [0.3, 0.4) is 0 Å². The first-order valence-electron chi connectivity index (χ1n) is 7.75. The predicted octanol–water partition coefficient (Wildman–Crippen LogP) is 2.74. The molecule has 0 aliphatic carbocycles. The summed E-state index contributed by atoms with van der Waals surface area (Å²) in [6.07, 6.45) is 4.49. The Balaban J connectivity index is 1.78. The van der Waals surface area contributed by atoms with Gasteiger partial charge in [-0.3, -0.25) is 9.59 Å². The highest BCUT2D eigenvalue weighted by Gasteiger charge is 2.03. The average Bonchev–Trinajstić information content (AvgIpc) is 2.65. The minimum Gasteiger partial charge on any atom is -0.496 e. The van der Waals surface area contributed by atoms with Crippen molar-refractivity contribution in [3.63, 3.8) is 0 Å². The number of hydrogen-bond acceptors (Lipinski definition) is 4. The maximum Gasteiger partial charge on any atom is 0.259 e. The molecule has 6 nitrogen and oxygen atoms in total. The van der Waals surface area contributed by atoms with Gasteiger partial charge in [0.25, 0.3) is 5.91 Å². The summed E-state index contributed by atoms with van der Waals surface area (Å²) >= 11 is 3.35. The van der Waals surface area contributed by atoms with Gasteiger partial charge in [0.15, 0.2) is 0 Å². The summed E-state index contributed by atoms with van der Waals surface area (Å²) in [5.41, 5.74) is 3.96. The van der Waals surface area contributed by atoms with Gasteiger partial charge in [0.05, 0.1) is 19.9 Å². The molecule has 0 radical (unpaired) electrons. The van der Waals surface area contributed by atoms with Gasteiger partial charge in [0.1, 0.15) is 5.75 Å². The first-order valence-corrected chi connectivity index (χ1v) is 8.54. The Bertz CT molecular complexity index is 834. The second-order valence-corrected chi connectivity index (χ2v) is 6.06. The van der Waals surface area contributed by atoms with Crippen LogP contribution in [-0.4, -0.2) is 31.7 Å². The quantitative estimate of drug-likeness (QED) is 0.414. The number of methoxy groups -OCH3 is 1. The first-order chi connectivity index (χ1) is 12.6. The van der Waals surface area contributed by atoms with Crippen molar-refractivity contribution in [2.24, 2.45) is 5.10 Å². The summed E-state index contributed by atoms with van der Waals surface area (Å²) in [5, 5.41) is 6.33. The van der Waals surface area contributed by atoms with E-state index < -0.39 is 5.91 Å². The molecular weight excluding hydrogens is 398 g/mol. The number of nitrogens with zero attached hydrogens (tertiary/aromatic N) is 1. The van der Waals surface area contributed by atoms with Crippen molar-refractivity contribution in [2.45, 2.75) is 0 Å². The number of amides is 2. The zero-order valence-electron chi connectivity index (χ0n) is 14.1. The van der Waals surface area contributed by atoms with Gasteiger partial charge in [0, 0.05) is 16.1 Å². The number of nitrogens with one attached hydrogen (secondary N) is 2. The predicted molar refractivity (Wildman–Crippen MR) is 105 cm³/mol. The fourth-order valence-electron chi connectivity index (χ4n) is 2.00. The minimum atomic E-state index is -0.421. The molecule has 0 aliphatic heterocycles. The van der Waals surface area contributed by atoms with E-state index in [1.54, 1.807) is 19.3 Å². The van der Waals surface area contributed by atoms with E-state index in [9.17, 15) is 9.59 Å². The number of carbonyl (C=O) groups excluding carboxylic acids is 2. The topological polar surface area (TPSA) is 79.8 Å². The van der Waals surface area contributed by atoms with Crippen LogP contribution in [0.15, 0.2) is 64.2 Å². The number of rotatable bonds is 7. The lowest BCUT2D eigenvalue weighted by Crippen LogP contribution is -2.34.